The van der Waals surface area contributed by atoms with Crippen LogP contribution in [0.25, 0.3) is 0 Å². The summed E-state index contributed by atoms with van der Waals surface area (Å²) in [5.41, 5.74) is 7.44. The predicted octanol–water partition coefficient (Wildman–Crippen LogP) is 1.95. The summed E-state index contributed by atoms with van der Waals surface area (Å²) in [5, 5.41) is 8.65. The molecule has 0 radical (unpaired) electrons. The Morgan fingerprint density at radius 1 is 1.54 bits per heavy atom. The van der Waals surface area contributed by atoms with Gasteiger partial charge in [0.05, 0.1) is 5.56 Å². The quantitative estimate of drug-likeness (QED) is 0.719. The Morgan fingerprint density at radius 3 is 2.62 bits per heavy atom. The normalized spacial score (nSPS) is 9.00. The number of halogens is 1. The molecule has 0 aliphatic heterocycles. The van der Waals surface area contributed by atoms with Crippen LogP contribution in [-0.4, -0.2) is 11.1 Å². The van der Waals surface area contributed by atoms with Crippen molar-refractivity contribution < 1.29 is 9.90 Å². The molecule has 72 valence electrons. The summed E-state index contributed by atoms with van der Waals surface area (Å²) in [6.45, 7) is 1.94. The molecular formula is C9H12ClNO2. The monoisotopic (exact) mass is 201 g/mol. The smallest absolute Gasteiger partial charge is 0.335 e. The number of carboxylic acid groups (broad SMARTS) is 1. The van der Waals surface area contributed by atoms with Crippen molar-refractivity contribution in [2.24, 2.45) is 0 Å². The first-order chi connectivity index (χ1) is 5.65. The van der Waals surface area contributed by atoms with E-state index in [9.17, 15) is 4.79 Å². The Kier molecular flexibility index (Phi) is 4.28. The zero-order valence-corrected chi connectivity index (χ0v) is 8.10. The molecule has 0 saturated carbocycles. The third kappa shape index (κ3) is 2.63. The molecule has 1 aromatic carbocycles. The Bertz CT molecular complexity index is 312. The van der Waals surface area contributed by atoms with E-state index in [4.69, 9.17) is 10.8 Å². The van der Waals surface area contributed by atoms with Crippen molar-refractivity contribution >= 4 is 24.1 Å². The molecule has 0 unspecified atom stereocenters. The van der Waals surface area contributed by atoms with E-state index < -0.39 is 5.97 Å². The van der Waals surface area contributed by atoms with Gasteiger partial charge in [-0.3, -0.25) is 0 Å². The summed E-state index contributed by atoms with van der Waals surface area (Å²) in [6.07, 6.45) is 0.757. The van der Waals surface area contributed by atoms with Gasteiger partial charge in [0.2, 0.25) is 0 Å². The van der Waals surface area contributed by atoms with E-state index >= 15 is 0 Å². The van der Waals surface area contributed by atoms with E-state index in [0.29, 0.717) is 11.3 Å². The van der Waals surface area contributed by atoms with Gasteiger partial charge in [-0.2, -0.15) is 0 Å². The van der Waals surface area contributed by atoms with Crippen LogP contribution >= 0.6 is 12.4 Å². The van der Waals surface area contributed by atoms with Crippen LogP contribution in [0.5, 0.6) is 0 Å². The standard InChI is InChI=1S/C9H11NO2.ClH/c1-2-6-5-7(9(11)12)3-4-8(6)10;/h3-5H,2,10H2,1H3,(H,11,12);1H. The molecule has 3 N–H and O–H groups in total. The summed E-state index contributed by atoms with van der Waals surface area (Å²) in [7, 11) is 0. The van der Waals surface area contributed by atoms with Crippen molar-refractivity contribution in [3.05, 3.63) is 29.3 Å². The topological polar surface area (TPSA) is 63.3 Å². The van der Waals surface area contributed by atoms with Gasteiger partial charge < -0.3 is 10.8 Å². The van der Waals surface area contributed by atoms with E-state index in [2.05, 4.69) is 0 Å². The number of aromatic carboxylic acids is 1. The Morgan fingerprint density at radius 2 is 2.15 bits per heavy atom. The van der Waals surface area contributed by atoms with Gasteiger partial charge in [-0.25, -0.2) is 4.79 Å². The fourth-order valence-corrected chi connectivity index (χ4v) is 1.04. The number of anilines is 1. The van der Waals surface area contributed by atoms with Gasteiger partial charge in [0, 0.05) is 5.69 Å². The Hall–Kier alpha value is -1.22. The lowest BCUT2D eigenvalue weighted by Gasteiger charge is -2.02. The average molecular weight is 202 g/mol. The van der Waals surface area contributed by atoms with Gasteiger partial charge >= 0.3 is 5.97 Å². The van der Waals surface area contributed by atoms with E-state index in [0.717, 1.165) is 12.0 Å². The molecule has 0 bridgehead atoms. The molecule has 0 amide bonds. The lowest BCUT2D eigenvalue weighted by Crippen LogP contribution is -2.00. The van der Waals surface area contributed by atoms with Crippen molar-refractivity contribution in [3.63, 3.8) is 0 Å². The van der Waals surface area contributed by atoms with Gasteiger partial charge in [-0.05, 0) is 30.2 Å². The highest BCUT2D eigenvalue weighted by atomic mass is 35.5. The molecule has 0 atom stereocenters. The molecule has 0 heterocycles. The fourth-order valence-electron chi connectivity index (χ4n) is 1.04. The van der Waals surface area contributed by atoms with E-state index in [1.807, 2.05) is 6.92 Å². The zero-order chi connectivity index (χ0) is 9.14. The van der Waals surface area contributed by atoms with Crippen LogP contribution < -0.4 is 5.73 Å². The molecular weight excluding hydrogens is 190 g/mol. The minimum atomic E-state index is -0.912. The summed E-state index contributed by atoms with van der Waals surface area (Å²) >= 11 is 0. The number of hydrogen-bond donors (Lipinski definition) is 2. The highest BCUT2D eigenvalue weighted by Crippen LogP contribution is 2.14. The molecule has 0 aromatic heterocycles. The van der Waals surface area contributed by atoms with E-state index in [1.165, 1.54) is 6.07 Å². The average Bonchev–Trinajstić information content (AvgIpc) is 2.05. The Labute approximate surface area is 83.0 Å². The highest BCUT2D eigenvalue weighted by molar-refractivity contribution is 5.88. The zero-order valence-electron chi connectivity index (χ0n) is 7.28. The maximum Gasteiger partial charge on any atom is 0.335 e. The van der Waals surface area contributed by atoms with Crippen LogP contribution in [0, 0.1) is 0 Å². The van der Waals surface area contributed by atoms with Gasteiger partial charge in [-0.1, -0.05) is 6.92 Å². The Balaban J connectivity index is 0.00000144. The first kappa shape index (κ1) is 11.8. The highest BCUT2D eigenvalue weighted by Gasteiger charge is 2.04. The summed E-state index contributed by atoms with van der Waals surface area (Å²) in [4.78, 5) is 10.5. The second kappa shape index (κ2) is 4.72. The lowest BCUT2D eigenvalue weighted by atomic mass is 10.1. The van der Waals surface area contributed by atoms with Crippen molar-refractivity contribution in [2.45, 2.75) is 13.3 Å². The molecule has 0 saturated heterocycles. The number of carboxylic acids is 1. The van der Waals surface area contributed by atoms with Crippen LogP contribution in [0.1, 0.15) is 22.8 Å². The number of nitrogens with two attached hydrogens (primary N) is 1. The number of nitrogen functional groups attached to an aromatic ring is 1. The first-order valence-electron chi connectivity index (χ1n) is 3.77. The number of benzene rings is 1. The van der Waals surface area contributed by atoms with Gasteiger partial charge in [0.1, 0.15) is 0 Å². The molecule has 0 spiro atoms. The fraction of sp³-hybridized carbons (Fsp3) is 0.222. The molecule has 1 rings (SSSR count). The van der Waals surface area contributed by atoms with Crippen molar-refractivity contribution in [3.8, 4) is 0 Å². The summed E-state index contributed by atoms with van der Waals surface area (Å²) in [5.74, 6) is -0.912. The van der Waals surface area contributed by atoms with Crippen LogP contribution in [0.15, 0.2) is 18.2 Å². The van der Waals surface area contributed by atoms with Gasteiger partial charge in [-0.15, -0.1) is 12.4 Å². The second-order valence-electron chi connectivity index (χ2n) is 2.57. The molecule has 3 nitrogen and oxygen atoms in total. The molecule has 0 aliphatic rings. The molecule has 0 aliphatic carbocycles. The summed E-state index contributed by atoms with van der Waals surface area (Å²) < 4.78 is 0. The maximum atomic E-state index is 10.5. The number of hydrogen-bond acceptors (Lipinski definition) is 2. The van der Waals surface area contributed by atoms with Crippen molar-refractivity contribution in [2.75, 3.05) is 5.73 Å². The van der Waals surface area contributed by atoms with Crippen LogP contribution in [0.3, 0.4) is 0 Å². The second-order valence-corrected chi connectivity index (χ2v) is 2.57. The van der Waals surface area contributed by atoms with Crippen LogP contribution in [0.2, 0.25) is 0 Å². The number of aryl methyl sites for hydroxylation is 1. The van der Waals surface area contributed by atoms with E-state index in [1.54, 1.807) is 12.1 Å². The van der Waals surface area contributed by atoms with Crippen molar-refractivity contribution in [1.82, 2.24) is 0 Å². The third-order valence-corrected chi connectivity index (χ3v) is 1.77. The first-order valence-corrected chi connectivity index (χ1v) is 3.77. The SMILES string of the molecule is CCc1cc(C(=O)O)ccc1N.Cl. The molecule has 4 heteroatoms. The molecule has 1 aromatic rings. The van der Waals surface area contributed by atoms with E-state index in [-0.39, 0.29) is 12.4 Å². The number of rotatable bonds is 2. The van der Waals surface area contributed by atoms with Crippen LogP contribution in [-0.2, 0) is 6.42 Å². The summed E-state index contributed by atoms with van der Waals surface area (Å²) in [6, 6.07) is 4.75. The van der Waals surface area contributed by atoms with Gasteiger partial charge in [0.15, 0.2) is 0 Å². The predicted molar refractivity (Wildman–Crippen MR) is 54.4 cm³/mol. The van der Waals surface area contributed by atoms with Crippen LogP contribution in [0.4, 0.5) is 5.69 Å². The molecule has 13 heavy (non-hydrogen) atoms. The third-order valence-electron chi connectivity index (χ3n) is 1.77. The molecule has 0 fully saturated rings. The van der Waals surface area contributed by atoms with Gasteiger partial charge in [0.25, 0.3) is 0 Å². The van der Waals surface area contributed by atoms with Crippen molar-refractivity contribution in [1.29, 1.82) is 0 Å². The maximum absolute atomic E-state index is 10.5. The largest absolute Gasteiger partial charge is 0.478 e. The minimum absolute atomic E-state index is 0. The number of carbonyl (C=O) groups is 1. The minimum Gasteiger partial charge on any atom is -0.478 e. The lowest BCUT2D eigenvalue weighted by molar-refractivity contribution is 0.0697.